The summed E-state index contributed by atoms with van der Waals surface area (Å²) < 4.78 is 56.1. The molecule has 4 aromatic rings. The zero-order valence-corrected chi connectivity index (χ0v) is 15.2. The van der Waals surface area contributed by atoms with Crippen molar-refractivity contribution in [1.29, 1.82) is 0 Å². The molecule has 2 heterocycles. The molecule has 152 valence electrons. The lowest BCUT2D eigenvalue weighted by molar-refractivity contribution is -0.136. The Morgan fingerprint density at radius 2 is 1.70 bits per heavy atom. The van der Waals surface area contributed by atoms with Crippen molar-refractivity contribution in [2.45, 2.75) is 6.18 Å². The lowest BCUT2D eigenvalue weighted by Crippen LogP contribution is -2.18. The van der Waals surface area contributed by atoms with Crippen molar-refractivity contribution in [2.24, 2.45) is 0 Å². The van der Waals surface area contributed by atoms with Crippen molar-refractivity contribution in [3.05, 3.63) is 88.5 Å². The minimum atomic E-state index is -4.76. The molecule has 0 aliphatic heterocycles. The predicted molar refractivity (Wildman–Crippen MR) is 106 cm³/mol. The predicted octanol–water partition coefficient (Wildman–Crippen LogP) is 4.87. The van der Waals surface area contributed by atoms with Gasteiger partial charge in [-0.3, -0.25) is 9.36 Å². The molecule has 2 aromatic carbocycles. The van der Waals surface area contributed by atoms with E-state index in [0.29, 0.717) is 0 Å². The number of pyridine rings is 2. The maximum absolute atomic E-state index is 14.2. The molecule has 5 nitrogen and oxygen atoms in total. The van der Waals surface area contributed by atoms with Crippen LogP contribution >= 0.6 is 0 Å². The number of anilines is 3. The number of fused-ring (bicyclic) bond motifs is 1. The normalized spacial score (nSPS) is 11.6. The van der Waals surface area contributed by atoms with Gasteiger partial charge in [-0.1, -0.05) is 24.3 Å². The molecule has 0 spiro atoms. The van der Waals surface area contributed by atoms with E-state index in [1.165, 1.54) is 22.8 Å². The summed E-state index contributed by atoms with van der Waals surface area (Å²) in [4.78, 5) is 16.7. The first-order valence-corrected chi connectivity index (χ1v) is 8.76. The number of hydrogen-bond donors (Lipinski definition) is 2. The zero-order valence-electron chi connectivity index (χ0n) is 15.2. The smallest absolute Gasteiger partial charge is 0.397 e. The molecule has 0 aliphatic carbocycles. The molecule has 0 unspecified atom stereocenters. The first kappa shape index (κ1) is 19.4. The second kappa shape index (κ2) is 7.18. The van der Waals surface area contributed by atoms with Gasteiger partial charge in [0.15, 0.2) is 11.1 Å². The monoisotopic (exact) mass is 414 g/mol. The molecule has 0 saturated heterocycles. The highest BCUT2D eigenvalue weighted by atomic mass is 19.4. The van der Waals surface area contributed by atoms with E-state index in [4.69, 9.17) is 5.73 Å². The summed E-state index contributed by atoms with van der Waals surface area (Å²) in [7, 11) is 0. The molecule has 3 N–H and O–H groups in total. The Hall–Kier alpha value is -3.88. The number of aromatic nitrogens is 2. The van der Waals surface area contributed by atoms with E-state index in [2.05, 4.69) is 10.3 Å². The second-order valence-corrected chi connectivity index (χ2v) is 6.45. The first-order chi connectivity index (χ1) is 14.3. The van der Waals surface area contributed by atoms with E-state index in [1.807, 2.05) is 0 Å². The summed E-state index contributed by atoms with van der Waals surface area (Å²) >= 11 is 0. The van der Waals surface area contributed by atoms with Gasteiger partial charge >= 0.3 is 6.18 Å². The number of halogens is 4. The molecule has 0 saturated carbocycles. The average molecular weight is 414 g/mol. The molecule has 4 rings (SSSR count). The first-order valence-electron chi connectivity index (χ1n) is 8.76. The Labute approximate surface area is 167 Å². The van der Waals surface area contributed by atoms with Gasteiger partial charge in [-0.25, -0.2) is 9.37 Å². The number of rotatable bonds is 3. The third kappa shape index (κ3) is 3.34. The van der Waals surface area contributed by atoms with Crippen LogP contribution in [-0.4, -0.2) is 9.55 Å². The lowest BCUT2D eigenvalue weighted by atomic mass is 10.1. The summed E-state index contributed by atoms with van der Waals surface area (Å²) in [5.41, 5.74) is 4.32. The molecule has 0 bridgehead atoms. The van der Waals surface area contributed by atoms with Crippen molar-refractivity contribution in [3.63, 3.8) is 0 Å². The average Bonchev–Trinajstić information content (AvgIpc) is 2.70. The number of benzene rings is 2. The summed E-state index contributed by atoms with van der Waals surface area (Å²) in [5, 5.41) is 2.16. The Morgan fingerprint density at radius 3 is 2.40 bits per heavy atom. The number of alkyl halides is 3. The Balaban J connectivity index is 2.10. The highest BCUT2D eigenvalue weighted by Crippen LogP contribution is 2.35. The molecule has 9 heteroatoms. The van der Waals surface area contributed by atoms with Gasteiger partial charge in [-0.05, 0) is 30.3 Å². The highest BCUT2D eigenvalue weighted by Gasteiger charge is 2.34. The molecule has 0 aliphatic rings. The minimum absolute atomic E-state index is 0.0160. The molecule has 2 aromatic heterocycles. The largest absolute Gasteiger partial charge is 0.417 e. The summed E-state index contributed by atoms with van der Waals surface area (Å²) in [6.45, 7) is 0. The van der Waals surface area contributed by atoms with Crippen molar-refractivity contribution in [2.75, 3.05) is 11.1 Å². The Bertz CT molecular complexity index is 1310. The fraction of sp³-hybridized carbons (Fsp3) is 0.0476. The van der Waals surface area contributed by atoms with Gasteiger partial charge in [-0.2, -0.15) is 13.2 Å². The molecule has 30 heavy (non-hydrogen) atoms. The molecule has 0 radical (unpaired) electrons. The minimum Gasteiger partial charge on any atom is -0.397 e. The molecule has 0 atom stereocenters. The fourth-order valence-corrected chi connectivity index (χ4v) is 3.20. The summed E-state index contributed by atoms with van der Waals surface area (Å²) in [5.74, 6) is -0.586. The molecule has 0 amide bonds. The van der Waals surface area contributed by atoms with Gasteiger partial charge in [-0.15, -0.1) is 0 Å². The van der Waals surface area contributed by atoms with Crippen LogP contribution in [0.25, 0.3) is 16.7 Å². The van der Waals surface area contributed by atoms with Gasteiger partial charge in [0.25, 0.3) is 0 Å². The van der Waals surface area contributed by atoms with E-state index >= 15 is 0 Å². The van der Waals surface area contributed by atoms with Crippen LogP contribution in [0.3, 0.4) is 0 Å². The van der Waals surface area contributed by atoms with Crippen LogP contribution in [0.4, 0.5) is 34.8 Å². The van der Waals surface area contributed by atoms with E-state index in [9.17, 15) is 22.4 Å². The third-order valence-corrected chi connectivity index (χ3v) is 4.52. The van der Waals surface area contributed by atoms with Crippen LogP contribution in [0, 0.1) is 5.82 Å². The van der Waals surface area contributed by atoms with Crippen LogP contribution in [0.2, 0.25) is 0 Å². The molecular weight excluding hydrogens is 400 g/mol. The SMILES string of the molecule is Nc1ccccc1-n1c(Nc2ccccc2F)cc(=O)c2c(C(F)(F)F)ccnc21. The van der Waals surface area contributed by atoms with Crippen LogP contribution in [-0.2, 0) is 6.18 Å². The number of nitrogens with one attached hydrogen (secondary N) is 1. The van der Waals surface area contributed by atoms with Crippen molar-refractivity contribution >= 4 is 28.2 Å². The van der Waals surface area contributed by atoms with Gasteiger partial charge in [0.2, 0.25) is 0 Å². The van der Waals surface area contributed by atoms with Crippen molar-refractivity contribution < 1.29 is 17.6 Å². The molecule has 0 fully saturated rings. The lowest BCUT2D eigenvalue weighted by Gasteiger charge is -2.20. The number of nitrogens with two attached hydrogens (primary N) is 1. The van der Waals surface area contributed by atoms with Crippen LogP contribution in [0.1, 0.15) is 5.56 Å². The standard InChI is InChI=1S/C21H14F4N4O/c22-13-5-1-3-7-15(13)28-18-11-17(30)19-12(21(23,24)25)9-10-27-20(19)29(18)16-8-4-2-6-14(16)26/h1-11,28H,26H2. The second-order valence-electron chi connectivity index (χ2n) is 6.45. The summed E-state index contributed by atoms with van der Waals surface area (Å²) in [6, 6.07) is 13.8. The maximum atomic E-state index is 14.2. The fourth-order valence-electron chi connectivity index (χ4n) is 3.20. The number of nitrogen functional groups attached to an aromatic ring is 1. The van der Waals surface area contributed by atoms with Crippen LogP contribution in [0.15, 0.2) is 71.7 Å². The number of hydrogen-bond acceptors (Lipinski definition) is 4. The quantitative estimate of drug-likeness (QED) is 0.371. The van der Waals surface area contributed by atoms with Crippen molar-refractivity contribution in [3.8, 4) is 5.69 Å². The topological polar surface area (TPSA) is 72.9 Å². The molecular formula is C21H14F4N4O. The van der Waals surface area contributed by atoms with Gasteiger partial charge in [0.1, 0.15) is 11.6 Å². The van der Waals surface area contributed by atoms with Crippen LogP contribution < -0.4 is 16.5 Å². The van der Waals surface area contributed by atoms with Gasteiger partial charge in [0.05, 0.1) is 28.0 Å². The zero-order chi connectivity index (χ0) is 21.5. The Morgan fingerprint density at radius 1 is 1.00 bits per heavy atom. The Kier molecular flexibility index (Phi) is 4.65. The summed E-state index contributed by atoms with van der Waals surface area (Å²) in [6.07, 6.45) is -3.80. The van der Waals surface area contributed by atoms with E-state index in [1.54, 1.807) is 30.3 Å². The van der Waals surface area contributed by atoms with Gasteiger partial charge in [0, 0.05) is 12.3 Å². The number of para-hydroxylation sites is 3. The van der Waals surface area contributed by atoms with Crippen molar-refractivity contribution in [1.82, 2.24) is 9.55 Å². The third-order valence-electron chi connectivity index (χ3n) is 4.52. The highest BCUT2D eigenvalue weighted by molar-refractivity contribution is 5.85. The number of nitrogens with zero attached hydrogens (tertiary/aromatic N) is 2. The van der Waals surface area contributed by atoms with E-state index in [-0.39, 0.29) is 28.5 Å². The van der Waals surface area contributed by atoms with E-state index < -0.39 is 28.4 Å². The van der Waals surface area contributed by atoms with E-state index in [0.717, 1.165) is 18.3 Å². The maximum Gasteiger partial charge on any atom is 0.417 e. The van der Waals surface area contributed by atoms with Crippen LogP contribution in [0.5, 0.6) is 0 Å². The van der Waals surface area contributed by atoms with Gasteiger partial charge < -0.3 is 11.1 Å².